The van der Waals surface area contributed by atoms with Gasteiger partial charge in [0.05, 0.1) is 0 Å². The largest absolute Gasteiger partial charge is 0.187 e. The first kappa shape index (κ1) is 50.2. The van der Waals surface area contributed by atoms with E-state index >= 15 is 0 Å². The van der Waals surface area contributed by atoms with Crippen LogP contribution >= 0.6 is 0 Å². The zero-order chi connectivity index (χ0) is 0. The Labute approximate surface area is 59.2 Å². The first-order valence-corrected chi connectivity index (χ1v) is 0. The summed E-state index contributed by atoms with van der Waals surface area (Å²) < 4.78 is 0. The maximum Gasteiger partial charge on any atom is 0.187 e. The average Bonchev–Trinajstić information content (AvgIpc) is 0. The van der Waals surface area contributed by atoms with Gasteiger partial charge in [-0.05, 0) is 0 Å². The van der Waals surface area contributed by atoms with E-state index in [-0.39, 0.29) is 59.4 Å². The van der Waals surface area contributed by atoms with Crippen LogP contribution in [0.25, 0.3) is 0 Å². The minimum Gasteiger partial charge on any atom is -0.0776 e. The molecular formula is CH7AlBZr. The van der Waals surface area contributed by atoms with E-state index in [1.54, 1.807) is 0 Å². The van der Waals surface area contributed by atoms with Crippen molar-refractivity contribution in [1.29, 1.82) is 0 Å². The Morgan fingerprint density at radius 2 is 1.00 bits per heavy atom. The van der Waals surface area contributed by atoms with Gasteiger partial charge >= 0.3 is 0 Å². The molecule has 0 aliphatic heterocycles. The molecule has 0 fully saturated rings. The summed E-state index contributed by atoms with van der Waals surface area (Å²) in [6.07, 6.45) is 0. The molecule has 0 heterocycles. The van der Waals surface area contributed by atoms with E-state index in [9.17, 15) is 0 Å². The number of hydrogen-bond acceptors (Lipinski definition) is 0. The Kier molecular flexibility index (Phi) is 311. The van der Waals surface area contributed by atoms with Gasteiger partial charge < -0.3 is 0 Å². The van der Waals surface area contributed by atoms with Gasteiger partial charge in [0.15, 0.2) is 17.4 Å². The maximum absolute atomic E-state index is 0. The molecule has 0 aromatic rings. The van der Waals surface area contributed by atoms with Gasteiger partial charge in [-0.3, -0.25) is 0 Å². The molecule has 21 valence electrons. The topological polar surface area (TPSA) is 0 Å². The minimum atomic E-state index is 0. The smallest absolute Gasteiger partial charge is 0.0776 e. The minimum absolute atomic E-state index is 0. The standard InChI is InChI=1S/CH4.Al.B.Zr.3H/h1H4;;;;;;. The summed E-state index contributed by atoms with van der Waals surface area (Å²) in [6.45, 7) is 0. The molecule has 0 nitrogen and oxygen atoms in total. The van der Waals surface area contributed by atoms with Crippen LogP contribution in [0.4, 0.5) is 0 Å². The van der Waals surface area contributed by atoms with E-state index in [1.165, 1.54) is 0 Å². The summed E-state index contributed by atoms with van der Waals surface area (Å²) in [5.41, 5.74) is 0. The van der Waals surface area contributed by atoms with Crippen LogP contribution in [0.15, 0.2) is 0 Å². The second kappa shape index (κ2) is 24.8. The van der Waals surface area contributed by atoms with Crippen molar-refractivity contribution in [2.45, 2.75) is 7.43 Å². The van der Waals surface area contributed by atoms with Gasteiger partial charge in [-0.15, -0.1) is 0 Å². The van der Waals surface area contributed by atoms with E-state index in [1.807, 2.05) is 0 Å². The van der Waals surface area contributed by atoms with E-state index in [4.69, 9.17) is 0 Å². The van der Waals surface area contributed by atoms with Gasteiger partial charge in [-0.2, -0.15) is 0 Å². The fraction of sp³-hybridized carbons (Fsp3) is 1.00. The zero-order valence-corrected chi connectivity index (χ0v) is 3.54. The maximum atomic E-state index is 0. The van der Waals surface area contributed by atoms with E-state index in [0.717, 1.165) is 0 Å². The van der Waals surface area contributed by atoms with Crippen LogP contribution in [0.2, 0.25) is 0 Å². The van der Waals surface area contributed by atoms with Crippen molar-refractivity contribution in [2.24, 2.45) is 0 Å². The van der Waals surface area contributed by atoms with Gasteiger partial charge in [-0.25, -0.2) is 0 Å². The molecule has 0 aliphatic rings. The molecule has 0 aromatic heterocycles. The number of rotatable bonds is 0. The number of hydrogen-bond donors (Lipinski definition) is 0. The zero-order valence-electron chi connectivity index (χ0n) is 1.08. The van der Waals surface area contributed by atoms with Gasteiger partial charge in [0.2, 0.25) is 0 Å². The quantitative estimate of drug-likeness (QED) is 0.389. The van der Waals surface area contributed by atoms with Crippen LogP contribution in [0.5, 0.6) is 0 Å². The van der Waals surface area contributed by atoms with Gasteiger partial charge in [0.25, 0.3) is 0 Å². The summed E-state index contributed by atoms with van der Waals surface area (Å²) in [6, 6.07) is 0. The van der Waals surface area contributed by atoms with Crippen molar-refractivity contribution < 1.29 is 26.2 Å². The third-order valence-electron chi connectivity index (χ3n) is 0. The average molecular weight is 148 g/mol. The summed E-state index contributed by atoms with van der Waals surface area (Å²) in [4.78, 5) is 0. The van der Waals surface area contributed by atoms with E-state index < -0.39 is 0 Å². The first-order chi connectivity index (χ1) is 0. The Balaban J connectivity index is 0. The summed E-state index contributed by atoms with van der Waals surface area (Å²) in [7, 11) is 0. The molecule has 0 saturated carbocycles. The van der Waals surface area contributed by atoms with Gasteiger partial charge in [0, 0.05) is 34.6 Å². The molecule has 0 N–H and O–H groups in total. The third-order valence-corrected chi connectivity index (χ3v) is 0. The molecule has 0 unspecified atom stereocenters. The van der Waals surface area contributed by atoms with Gasteiger partial charge in [0.1, 0.15) is 0 Å². The van der Waals surface area contributed by atoms with Crippen LogP contribution in [-0.2, 0) is 26.2 Å². The fourth-order valence-electron chi connectivity index (χ4n) is 0. The monoisotopic (exact) mass is 147 g/mol. The van der Waals surface area contributed by atoms with Crippen LogP contribution < -0.4 is 0 Å². The van der Waals surface area contributed by atoms with Crippen LogP contribution in [0.1, 0.15) is 7.43 Å². The van der Waals surface area contributed by atoms with Crippen molar-refractivity contribution in [2.75, 3.05) is 0 Å². The molecule has 0 atom stereocenters. The summed E-state index contributed by atoms with van der Waals surface area (Å²) >= 11 is 0. The molecule has 3 heteroatoms. The molecule has 0 rings (SSSR count). The molecular weight excluding hydrogens is 141 g/mol. The fourth-order valence-corrected chi connectivity index (χ4v) is 0. The molecule has 0 aliphatic carbocycles. The molecule has 0 amide bonds. The molecule has 0 saturated heterocycles. The summed E-state index contributed by atoms with van der Waals surface area (Å²) in [5.74, 6) is 0. The van der Waals surface area contributed by atoms with Crippen molar-refractivity contribution in [3.63, 3.8) is 0 Å². The summed E-state index contributed by atoms with van der Waals surface area (Å²) in [5, 5.41) is 0. The molecule has 0 spiro atoms. The van der Waals surface area contributed by atoms with Crippen LogP contribution in [0, 0.1) is 0 Å². The van der Waals surface area contributed by atoms with Crippen molar-refractivity contribution in [3.8, 4) is 0 Å². The molecule has 4 heavy (non-hydrogen) atoms. The van der Waals surface area contributed by atoms with E-state index in [2.05, 4.69) is 0 Å². The second-order valence-corrected chi connectivity index (χ2v) is 0. The normalized spacial score (nSPS) is 0. The predicted molar refractivity (Wildman–Crippen MR) is 22.4 cm³/mol. The Bertz CT molecular complexity index is 8.00. The Morgan fingerprint density at radius 1 is 1.00 bits per heavy atom. The Hall–Kier alpha value is 1.48. The van der Waals surface area contributed by atoms with Crippen LogP contribution in [-0.4, -0.2) is 25.8 Å². The third kappa shape index (κ3) is 9.77. The Morgan fingerprint density at radius 3 is 1.00 bits per heavy atom. The molecule has 3 radical (unpaired) electrons. The first-order valence-electron chi connectivity index (χ1n) is 0. The van der Waals surface area contributed by atoms with E-state index in [0.29, 0.717) is 0 Å². The van der Waals surface area contributed by atoms with Crippen molar-refractivity contribution in [1.82, 2.24) is 0 Å². The SMILES string of the molecule is C.[AlH3].[B].[Zr]. The van der Waals surface area contributed by atoms with Gasteiger partial charge in [-0.1, -0.05) is 7.43 Å². The molecule has 0 bridgehead atoms. The van der Waals surface area contributed by atoms with Crippen molar-refractivity contribution >= 4 is 25.8 Å². The van der Waals surface area contributed by atoms with Crippen molar-refractivity contribution in [3.05, 3.63) is 0 Å². The second-order valence-electron chi connectivity index (χ2n) is 0. The predicted octanol–water partition coefficient (Wildman–Crippen LogP) is -0.931. The van der Waals surface area contributed by atoms with Crippen LogP contribution in [0.3, 0.4) is 0 Å². The molecule has 0 aromatic carbocycles.